The summed E-state index contributed by atoms with van der Waals surface area (Å²) in [6, 6.07) is 4.80. The normalized spacial score (nSPS) is 11.2. The largest absolute Gasteiger partial charge is 0.506 e. The Bertz CT molecular complexity index is 1080. The Kier molecular flexibility index (Phi) is 3.87. The highest BCUT2D eigenvalue weighted by Crippen LogP contribution is 2.33. The van der Waals surface area contributed by atoms with E-state index in [1.165, 1.54) is 6.07 Å². The van der Waals surface area contributed by atoms with Crippen molar-refractivity contribution in [2.24, 2.45) is 7.05 Å². The number of benzene rings is 1. The molecule has 1 aromatic carbocycles. The minimum Gasteiger partial charge on any atom is -0.506 e. The second kappa shape index (κ2) is 5.77. The Labute approximate surface area is 142 Å². The first kappa shape index (κ1) is 16.8. The summed E-state index contributed by atoms with van der Waals surface area (Å²) in [5, 5.41) is 20.0. The molecule has 2 aromatic heterocycles. The number of nitrogens with zero attached hydrogens (tertiary/aromatic N) is 1. The second-order valence-electron chi connectivity index (χ2n) is 5.94. The van der Waals surface area contributed by atoms with Gasteiger partial charge in [-0.05, 0) is 37.1 Å². The van der Waals surface area contributed by atoms with Gasteiger partial charge in [0.1, 0.15) is 11.6 Å². The fraction of sp³-hybridized carbons (Fsp3) is 0.222. The SMILES string of the molecule is CCc1c(-c2cc3cc(F)c(C)cc3n2C)[nH]c(=O)c(C(=O)O)c1O. The van der Waals surface area contributed by atoms with Gasteiger partial charge >= 0.3 is 5.97 Å². The van der Waals surface area contributed by atoms with Crippen molar-refractivity contribution in [2.75, 3.05) is 0 Å². The summed E-state index contributed by atoms with van der Waals surface area (Å²) in [5.74, 6) is -2.37. The third-order valence-electron chi connectivity index (χ3n) is 4.44. The molecule has 130 valence electrons. The highest BCUT2D eigenvalue weighted by molar-refractivity contribution is 5.93. The van der Waals surface area contributed by atoms with E-state index in [2.05, 4.69) is 4.98 Å². The van der Waals surface area contributed by atoms with E-state index in [4.69, 9.17) is 5.11 Å². The molecule has 0 aliphatic heterocycles. The standard InChI is InChI=1S/C18H17FN2O4/c1-4-10-15(20-17(23)14(16(10)22)18(24)25)13-7-9-6-11(19)8(2)5-12(9)21(13)3/h5-7H,4H2,1-3H3,(H,24,25)(H2,20,22,23). The third-order valence-corrected chi connectivity index (χ3v) is 4.44. The molecule has 0 fully saturated rings. The molecule has 3 rings (SSSR count). The zero-order chi connectivity index (χ0) is 18.5. The van der Waals surface area contributed by atoms with Crippen molar-refractivity contribution in [2.45, 2.75) is 20.3 Å². The lowest BCUT2D eigenvalue weighted by atomic mass is 10.0. The van der Waals surface area contributed by atoms with Gasteiger partial charge in [-0.15, -0.1) is 0 Å². The van der Waals surface area contributed by atoms with E-state index in [9.17, 15) is 19.1 Å². The first-order valence-corrected chi connectivity index (χ1v) is 7.73. The molecule has 0 saturated heterocycles. The molecule has 0 unspecified atom stereocenters. The van der Waals surface area contributed by atoms with E-state index in [-0.39, 0.29) is 5.82 Å². The van der Waals surface area contributed by atoms with E-state index in [1.807, 2.05) is 0 Å². The molecule has 0 spiro atoms. The quantitative estimate of drug-likeness (QED) is 0.681. The molecule has 7 heteroatoms. The fourth-order valence-electron chi connectivity index (χ4n) is 3.09. The Hall–Kier alpha value is -3.09. The number of rotatable bonds is 3. The van der Waals surface area contributed by atoms with Gasteiger partial charge < -0.3 is 19.8 Å². The van der Waals surface area contributed by atoms with Crippen LogP contribution in [0.15, 0.2) is 23.0 Å². The lowest BCUT2D eigenvalue weighted by Gasteiger charge is -2.12. The van der Waals surface area contributed by atoms with Crippen LogP contribution in [0.2, 0.25) is 0 Å². The number of aromatic hydroxyl groups is 1. The number of pyridine rings is 1. The number of aromatic nitrogens is 2. The molecule has 0 aliphatic rings. The van der Waals surface area contributed by atoms with E-state index >= 15 is 0 Å². The molecular weight excluding hydrogens is 327 g/mol. The zero-order valence-corrected chi connectivity index (χ0v) is 14.0. The number of hydrogen-bond donors (Lipinski definition) is 3. The number of aromatic amines is 1. The highest BCUT2D eigenvalue weighted by atomic mass is 19.1. The lowest BCUT2D eigenvalue weighted by molar-refractivity contribution is 0.0691. The van der Waals surface area contributed by atoms with Crippen molar-refractivity contribution in [1.82, 2.24) is 9.55 Å². The fourth-order valence-corrected chi connectivity index (χ4v) is 3.09. The van der Waals surface area contributed by atoms with Gasteiger partial charge in [-0.2, -0.15) is 0 Å². The number of carboxylic acid groups (broad SMARTS) is 1. The van der Waals surface area contributed by atoms with Crippen LogP contribution in [0.25, 0.3) is 22.3 Å². The van der Waals surface area contributed by atoms with Crippen LogP contribution in [0.3, 0.4) is 0 Å². The minimum atomic E-state index is -1.49. The first-order chi connectivity index (χ1) is 11.8. The van der Waals surface area contributed by atoms with Crippen molar-refractivity contribution in [3.63, 3.8) is 0 Å². The van der Waals surface area contributed by atoms with Crippen LogP contribution in [0.5, 0.6) is 5.75 Å². The van der Waals surface area contributed by atoms with Crippen LogP contribution in [-0.2, 0) is 13.5 Å². The Morgan fingerprint density at radius 3 is 2.60 bits per heavy atom. The van der Waals surface area contributed by atoms with Gasteiger partial charge in [0, 0.05) is 23.5 Å². The maximum atomic E-state index is 13.8. The van der Waals surface area contributed by atoms with E-state index < -0.39 is 22.8 Å². The molecule has 0 saturated carbocycles. The van der Waals surface area contributed by atoms with Crippen molar-refractivity contribution in [3.8, 4) is 17.1 Å². The Balaban J connectivity index is 2.37. The van der Waals surface area contributed by atoms with E-state index in [0.29, 0.717) is 34.3 Å². The number of nitrogens with one attached hydrogen (secondary N) is 1. The van der Waals surface area contributed by atoms with Crippen molar-refractivity contribution >= 4 is 16.9 Å². The predicted octanol–water partition coefficient (Wildman–Crippen LogP) is 2.95. The lowest BCUT2D eigenvalue weighted by Crippen LogP contribution is -2.20. The summed E-state index contributed by atoms with van der Waals surface area (Å²) < 4.78 is 15.6. The molecule has 0 amide bonds. The van der Waals surface area contributed by atoms with Crippen LogP contribution in [0.4, 0.5) is 4.39 Å². The van der Waals surface area contributed by atoms with Gasteiger partial charge in [-0.1, -0.05) is 6.92 Å². The molecule has 25 heavy (non-hydrogen) atoms. The van der Waals surface area contributed by atoms with Gasteiger partial charge in [0.15, 0.2) is 5.56 Å². The number of hydrogen-bond acceptors (Lipinski definition) is 3. The molecule has 3 N–H and O–H groups in total. The van der Waals surface area contributed by atoms with Crippen LogP contribution in [0, 0.1) is 12.7 Å². The number of H-pyrrole nitrogens is 1. The Morgan fingerprint density at radius 2 is 2.00 bits per heavy atom. The molecule has 0 bridgehead atoms. The molecule has 0 aliphatic carbocycles. The first-order valence-electron chi connectivity index (χ1n) is 7.73. The number of halogens is 1. The molecule has 3 aromatic rings. The van der Waals surface area contributed by atoms with Crippen molar-refractivity contribution in [3.05, 3.63) is 51.1 Å². The molecule has 6 nitrogen and oxygen atoms in total. The third kappa shape index (κ3) is 2.48. The van der Waals surface area contributed by atoms with Crippen molar-refractivity contribution in [1.29, 1.82) is 0 Å². The summed E-state index contributed by atoms with van der Waals surface area (Å²) in [6.45, 7) is 3.41. The van der Waals surface area contributed by atoms with Crippen LogP contribution in [0.1, 0.15) is 28.4 Å². The van der Waals surface area contributed by atoms with Crippen LogP contribution >= 0.6 is 0 Å². The summed E-state index contributed by atoms with van der Waals surface area (Å²) in [5.41, 5.74) is 0.895. The maximum Gasteiger partial charge on any atom is 0.345 e. The van der Waals surface area contributed by atoms with Gasteiger partial charge in [-0.25, -0.2) is 9.18 Å². The second-order valence-corrected chi connectivity index (χ2v) is 5.94. The summed E-state index contributed by atoms with van der Waals surface area (Å²) in [6.07, 6.45) is 0.313. The van der Waals surface area contributed by atoms with Gasteiger partial charge in [0.25, 0.3) is 5.56 Å². The molecule has 0 atom stereocenters. The molecule has 0 radical (unpaired) electrons. The van der Waals surface area contributed by atoms with Gasteiger partial charge in [0.2, 0.25) is 0 Å². The zero-order valence-electron chi connectivity index (χ0n) is 14.0. The number of carbonyl (C=O) groups is 1. The van der Waals surface area contributed by atoms with Gasteiger partial charge in [-0.3, -0.25) is 4.79 Å². The summed E-state index contributed by atoms with van der Waals surface area (Å²) >= 11 is 0. The molecular formula is C18H17FN2O4. The number of aromatic carboxylic acids is 1. The van der Waals surface area contributed by atoms with Crippen LogP contribution in [-0.4, -0.2) is 25.7 Å². The average molecular weight is 344 g/mol. The van der Waals surface area contributed by atoms with Gasteiger partial charge in [0.05, 0.1) is 11.4 Å². The number of fused-ring (bicyclic) bond motifs is 1. The van der Waals surface area contributed by atoms with Crippen molar-refractivity contribution < 1.29 is 19.4 Å². The monoisotopic (exact) mass is 344 g/mol. The van der Waals surface area contributed by atoms with Crippen LogP contribution < -0.4 is 5.56 Å². The Morgan fingerprint density at radius 1 is 1.32 bits per heavy atom. The highest BCUT2D eigenvalue weighted by Gasteiger charge is 2.23. The minimum absolute atomic E-state index is 0.313. The molecule has 2 heterocycles. The topological polar surface area (TPSA) is 95.3 Å². The average Bonchev–Trinajstić information content (AvgIpc) is 2.83. The smallest absolute Gasteiger partial charge is 0.345 e. The van der Waals surface area contributed by atoms with E-state index in [1.54, 1.807) is 37.6 Å². The van der Waals surface area contributed by atoms with E-state index in [0.717, 1.165) is 5.52 Å². The predicted molar refractivity (Wildman–Crippen MR) is 91.7 cm³/mol. The number of aryl methyl sites for hydroxylation is 2. The maximum absolute atomic E-state index is 13.8. The number of carboxylic acids is 1. The summed E-state index contributed by atoms with van der Waals surface area (Å²) in [4.78, 5) is 25.9. The summed E-state index contributed by atoms with van der Waals surface area (Å²) in [7, 11) is 1.76.